The molecule has 0 aromatic carbocycles. The summed E-state index contributed by atoms with van der Waals surface area (Å²) in [4.78, 5) is 23.5. The second-order valence-corrected chi connectivity index (χ2v) is 9.34. The minimum absolute atomic E-state index is 0.126. The first kappa shape index (κ1) is 21.9. The lowest BCUT2D eigenvalue weighted by Crippen LogP contribution is -2.44. The van der Waals surface area contributed by atoms with E-state index in [0.29, 0.717) is 38.8 Å². The fourth-order valence-electron chi connectivity index (χ4n) is 3.06. The van der Waals surface area contributed by atoms with Crippen LogP contribution in [0, 0.1) is 17.8 Å². The molecule has 0 aromatic rings. The van der Waals surface area contributed by atoms with Gasteiger partial charge in [-0.1, -0.05) is 27.2 Å². The summed E-state index contributed by atoms with van der Waals surface area (Å²) in [5.74, 6) is -1.49. The molecule has 146 valence electrons. The highest BCUT2D eigenvalue weighted by atomic mass is 32.2. The number of amides is 1. The number of hydrogen-bond acceptors (Lipinski definition) is 4. The van der Waals surface area contributed by atoms with Gasteiger partial charge in [0.15, 0.2) is 0 Å². The molecule has 0 aromatic heterocycles. The summed E-state index contributed by atoms with van der Waals surface area (Å²) in [5, 5.41) is 12.0. The Balaban J connectivity index is 2.46. The first-order chi connectivity index (χ1) is 11.7. The summed E-state index contributed by atoms with van der Waals surface area (Å²) in [6.45, 7) is 6.70. The molecule has 1 aliphatic heterocycles. The van der Waals surface area contributed by atoms with Crippen LogP contribution in [0.2, 0.25) is 0 Å². The van der Waals surface area contributed by atoms with Gasteiger partial charge in [0.2, 0.25) is 15.9 Å². The smallest absolute Gasteiger partial charge is 0.308 e. The van der Waals surface area contributed by atoms with E-state index in [-0.39, 0.29) is 30.0 Å². The van der Waals surface area contributed by atoms with E-state index in [1.807, 2.05) is 20.8 Å². The van der Waals surface area contributed by atoms with Crippen molar-refractivity contribution in [3.63, 3.8) is 0 Å². The van der Waals surface area contributed by atoms with Gasteiger partial charge < -0.3 is 10.4 Å². The highest BCUT2D eigenvalue weighted by Crippen LogP contribution is 2.21. The number of unbranched alkanes of at least 4 members (excludes halogenated alkanes) is 1. The minimum atomic E-state index is -3.22. The number of carbonyl (C=O) groups is 2. The molecule has 1 heterocycles. The second-order valence-electron chi connectivity index (χ2n) is 7.25. The van der Waals surface area contributed by atoms with Gasteiger partial charge in [-0.15, -0.1) is 0 Å². The molecule has 8 heteroatoms. The number of carboxylic acid groups (broad SMARTS) is 1. The van der Waals surface area contributed by atoms with Crippen molar-refractivity contribution in [3.8, 4) is 0 Å². The van der Waals surface area contributed by atoms with E-state index in [2.05, 4.69) is 5.32 Å². The topological polar surface area (TPSA) is 104 Å². The Labute approximate surface area is 151 Å². The molecule has 0 bridgehead atoms. The fourth-order valence-corrected chi connectivity index (χ4v) is 4.74. The summed E-state index contributed by atoms with van der Waals surface area (Å²) in [5.41, 5.74) is 0. The average molecular weight is 377 g/mol. The number of rotatable bonds is 10. The van der Waals surface area contributed by atoms with Crippen molar-refractivity contribution in [2.45, 2.75) is 52.9 Å². The van der Waals surface area contributed by atoms with E-state index in [1.165, 1.54) is 4.31 Å². The van der Waals surface area contributed by atoms with E-state index < -0.39 is 21.9 Å². The van der Waals surface area contributed by atoms with Crippen LogP contribution in [0.25, 0.3) is 0 Å². The van der Waals surface area contributed by atoms with E-state index in [4.69, 9.17) is 0 Å². The molecule has 0 aliphatic carbocycles. The lowest BCUT2D eigenvalue weighted by atomic mass is 9.95. The predicted molar refractivity (Wildman–Crippen MR) is 96.6 cm³/mol. The Kier molecular flexibility index (Phi) is 8.85. The molecule has 1 rings (SSSR count). The zero-order valence-electron chi connectivity index (χ0n) is 15.5. The zero-order valence-corrected chi connectivity index (χ0v) is 16.3. The van der Waals surface area contributed by atoms with Crippen LogP contribution >= 0.6 is 0 Å². The van der Waals surface area contributed by atoms with Crippen LogP contribution in [0.3, 0.4) is 0 Å². The third-order valence-electron chi connectivity index (χ3n) is 4.60. The molecule has 1 saturated heterocycles. The van der Waals surface area contributed by atoms with Gasteiger partial charge in [0.05, 0.1) is 11.7 Å². The molecule has 0 saturated carbocycles. The predicted octanol–water partition coefficient (Wildman–Crippen LogP) is 1.69. The Morgan fingerprint density at radius 3 is 2.32 bits per heavy atom. The Morgan fingerprint density at radius 2 is 1.84 bits per heavy atom. The van der Waals surface area contributed by atoms with Crippen molar-refractivity contribution in [1.29, 1.82) is 0 Å². The van der Waals surface area contributed by atoms with Crippen molar-refractivity contribution in [1.82, 2.24) is 9.62 Å². The van der Waals surface area contributed by atoms with Crippen LogP contribution in [0.4, 0.5) is 0 Å². The summed E-state index contributed by atoms with van der Waals surface area (Å²) >= 11 is 0. The lowest BCUT2D eigenvalue weighted by molar-refractivity contribution is -0.142. The van der Waals surface area contributed by atoms with Crippen LogP contribution in [-0.4, -0.2) is 55.1 Å². The first-order valence-corrected chi connectivity index (χ1v) is 10.8. The van der Waals surface area contributed by atoms with Crippen molar-refractivity contribution in [2.75, 3.05) is 25.4 Å². The van der Waals surface area contributed by atoms with Crippen LogP contribution in [0.15, 0.2) is 0 Å². The maximum Gasteiger partial charge on any atom is 0.308 e. The molecule has 1 unspecified atom stereocenters. The molecule has 0 spiro atoms. The SMILES string of the molecule is CCCCS(=O)(=O)N1CCC(C(=O)NCC(CC(C)C)C(=O)O)CC1. The van der Waals surface area contributed by atoms with E-state index in [9.17, 15) is 23.1 Å². The highest BCUT2D eigenvalue weighted by Gasteiger charge is 2.31. The van der Waals surface area contributed by atoms with Crippen molar-refractivity contribution >= 4 is 21.9 Å². The first-order valence-electron chi connectivity index (χ1n) is 9.15. The van der Waals surface area contributed by atoms with Gasteiger partial charge in [-0.3, -0.25) is 9.59 Å². The van der Waals surface area contributed by atoms with Gasteiger partial charge in [-0.05, 0) is 31.6 Å². The number of piperidine rings is 1. The van der Waals surface area contributed by atoms with Gasteiger partial charge in [0, 0.05) is 25.6 Å². The van der Waals surface area contributed by atoms with Crippen molar-refractivity contribution in [2.24, 2.45) is 17.8 Å². The quantitative estimate of drug-likeness (QED) is 0.604. The normalized spacial score (nSPS) is 18.2. The van der Waals surface area contributed by atoms with Crippen LogP contribution in [-0.2, 0) is 19.6 Å². The van der Waals surface area contributed by atoms with Crippen LogP contribution in [0.1, 0.15) is 52.9 Å². The monoisotopic (exact) mass is 376 g/mol. The summed E-state index contributed by atoms with van der Waals surface area (Å²) in [6.07, 6.45) is 2.97. The Hall–Kier alpha value is -1.15. The molecule has 25 heavy (non-hydrogen) atoms. The maximum atomic E-state index is 12.3. The third-order valence-corrected chi connectivity index (χ3v) is 6.56. The molecular weight excluding hydrogens is 344 g/mol. The maximum absolute atomic E-state index is 12.3. The summed E-state index contributed by atoms with van der Waals surface area (Å²) in [7, 11) is -3.22. The van der Waals surface area contributed by atoms with Crippen molar-refractivity contribution < 1.29 is 23.1 Å². The molecule has 1 aliphatic rings. The van der Waals surface area contributed by atoms with E-state index in [1.54, 1.807) is 0 Å². The van der Waals surface area contributed by atoms with Gasteiger partial charge in [0.25, 0.3) is 0 Å². The van der Waals surface area contributed by atoms with Crippen LogP contribution in [0.5, 0.6) is 0 Å². The minimum Gasteiger partial charge on any atom is -0.481 e. The average Bonchev–Trinajstić information content (AvgIpc) is 2.56. The fraction of sp³-hybridized carbons (Fsp3) is 0.882. The molecule has 1 fully saturated rings. The number of carbonyl (C=O) groups excluding carboxylic acids is 1. The number of hydrogen-bond donors (Lipinski definition) is 2. The van der Waals surface area contributed by atoms with Gasteiger partial charge in [-0.25, -0.2) is 12.7 Å². The highest BCUT2D eigenvalue weighted by molar-refractivity contribution is 7.89. The van der Waals surface area contributed by atoms with E-state index >= 15 is 0 Å². The molecular formula is C17H32N2O5S. The Bertz CT molecular complexity index is 539. The lowest BCUT2D eigenvalue weighted by Gasteiger charge is -2.30. The second kappa shape index (κ2) is 10.1. The van der Waals surface area contributed by atoms with Gasteiger partial charge >= 0.3 is 5.97 Å². The van der Waals surface area contributed by atoms with E-state index in [0.717, 1.165) is 6.42 Å². The molecule has 1 atom stereocenters. The molecule has 2 N–H and O–H groups in total. The molecule has 0 radical (unpaired) electrons. The number of sulfonamides is 1. The number of nitrogens with one attached hydrogen (secondary N) is 1. The van der Waals surface area contributed by atoms with Gasteiger partial charge in [0.1, 0.15) is 0 Å². The largest absolute Gasteiger partial charge is 0.481 e. The number of carboxylic acids is 1. The van der Waals surface area contributed by atoms with Crippen LogP contribution < -0.4 is 5.32 Å². The zero-order chi connectivity index (χ0) is 19.0. The summed E-state index contributed by atoms with van der Waals surface area (Å²) < 4.78 is 25.8. The molecule has 7 nitrogen and oxygen atoms in total. The third kappa shape index (κ3) is 7.32. The summed E-state index contributed by atoms with van der Waals surface area (Å²) in [6, 6.07) is 0. The number of nitrogens with zero attached hydrogens (tertiary/aromatic N) is 1. The van der Waals surface area contributed by atoms with Gasteiger partial charge in [-0.2, -0.15) is 0 Å². The van der Waals surface area contributed by atoms with Crippen molar-refractivity contribution in [3.05, 3.63) is 0 Å². The number of aliphatic carboxylic acids is 1. The standard InChI is InChI=1S/C17H32N2O5S/c1-4-5-10-25(23,24)19-8-6-14(7-9-19)16(20)18-12-15(17(21)22)11-13(2)3/h13-15H,4-12H2,1-3H3,(H,18,20)(H,21,22). The Morgan fingerprint density at radius 1 is 1.24 bits per heavy atom. The molecule has 1 amide bonds.